The third-order valence-corrected chi connectivity index (χ3v) is 3.85. The summed E-state index contributed by atoms with van der Waals surface area (Å²) in [5, 5.41) is 3.03. The normalized spacial score (nSPS) is 13.4. The standard InChI is InChI=1S/C20H27NO3/c1-7-16(9-8-14(2)12-19(21-4)15(3)22)18-11-10-17(23-5)13-20(18)24-6/h7-11,13,19,21H,1,12H2,2-6H3/b14-8+,16-9+/t19-/m0/s1. The van der Waals surface area contributed by atoms with Crippen LogP contribution in [-0.4, -0.2) is 33.1 Å². The number of carbonyl (C=O) groups excluding carboxylic acids is 1. The first kappa shape index (κ1) is 19.7. The van der Waals surface area contributed by atoms with Crippen LogP contribution in [0.2, 0.25) is 0 Å². The molecule has 0 aliphatic heterocycles. The van der Waals surface area contributed by atoms with Crippen molar-refractivity contribution in [2.45, 2.75) is 26.3 Å². The van der Waals surface area contributed by atoms with Gasteiger partial charge in [-0.25, -0.2) is 0 Å². The smallest absolute Gasteiger partial charge is 0.146 e. The predicted octanol–water partition coefficient (Wildman–Crippen LogP) is 3.79. The van der Waals surface area contributed by atoms with E-state index in [2.05, 4.69) is 11.9 Å². The molecule has 0 fully saturated rings. The van der Waals surface area contributed by atoms with Crippen molar-refractivity contribution in [2.75, 3.05) is 21.3 Å². The molecule has 0 aromatic heterocycles. The highest BCUT2D eigenvalue weighted by atomic mass is 16.5. The maximum Gasteiger partial charge on any atom is 0.146 e. The Morgan fingerprint density at radius 3 is 2.46 bits per heavy atom. The molecule has 4 heteroatoms. The molecule has 24 heavy (non-hydrogen) atoms. The summed E-state index contributed by atoms with van der Waals surface area (Å²) in [5.74, 6) is 1.60. The number of hydrogen-bond acceptors (Lipinski definition) is 4. The van der Waals surface area contributed by atoms with E-state index in [1.54, 1.807) is 34.3 Å². The molecule has 1 atom stereocenters. The third kappa shape index (κ3) is 5.39. The minimum absolute atomic E-state index is 0.134. The van der Waals surface area contributed by atoms with Crippen LogP contribution >= 0.6 is 0 Å². The molecule has 0 bridgehead atoms. The van der Waals surface area contributed by atoms with Gasteiger partial charge in [0.15, 0.2) is 0 Å². The molecule has 0 aliphatic carbocycles. The topological polar surface area (TPSA) is 47.6 Å². The van der Waals surface area contributed by atoms with E-state index in [1.165, 1.54) is 0 Å². The molecule has 1 aromatic carbocycles. The van der Waals surface area contributed by atoms with Gasteiger partial charge in [0.2, 0.25) is 0 Å². The molecular formula is C20H27NO3. The van der Waals surface area contributed by atoms with E-state index in [0.717, 1.165) is 28.2 Å². The largest absolute Gasteiger partial charge is 0.497 e. The van der Waals surface area contributed by atoms with E-state index in [1.807, 2.05) is 37.3 Å². The highest BCUT2D eigenvalue weighted by Gasteiger charge is 2.11. The monoisotopic (exact) mass is 329 g/mol. The quantitative estimate of drug-likeness (QED) is 0.700. The van der Waals surface area contributed by atoms with E-state index in [9.17, 15) is 4.79 Å². The zero-order chi connectivity index (χ0) is 18.1. The number of benzene rings is 1. The van der Waals surface area contributed by atoms with E-state index in [0.29, 0.717) is 6.42 Å². The SMILES string of the molecule is C=C/C(=C\C=C(/C)C[C@H](NC)C(C)=O)c1ccc(OC)cc1OC. The molecular weight excluding hydrogens is 302 g/mol. The Hall–Kier alpha value is -2.33. The van der Waals surface area contributed by atoms with Gasteiger partial charge in [-0.2, -0.15) is 0 Å². The summed E-state index contributed by atoms with van der Waals surface area (Å²) in [6.07, 6.45) is 6.45. The molecule has 0 heterocycles. The molecule has 0 saturated heterocycles. The summed E-state index contributed by atoms with van der Waals surface area (Å²) >= 11 is 0. The van der Waals surface area contributed by atoms with Crippen molar-refractivity contribution in [1.82, 2.24) is 5.32 Å². The van der Waals surface area contributed by atoms with Gasteiger partial charge in [0.25, 0.3) is 0 Å². The lowest BCUT2D eigenvalue weighted by atomic mass is 10.0. The second-order valence-corrected chi connectivity index (χ2v) is 5.56. The highest BCUT2D eigenvalue weighted by molar-refractivity contribution is 5.82. The van der Waals surface area contributed by atoms with E-state index < -0.39 is 0 Å². The van der Waals surface area contributed by atoms with Crippen molar-refractivity contribution >= 4 is 11.4 Å². The fraction of sp³-hybridized carbons (Fsp3) is 0.350. The molecule has 130 valence electrons. The van der Waals surface area contributed by atoms with E-state index >= 15 is 0 Å². The number of ether oxygens (including phenoxy) is 2. The Bertz CT molecular complexity index is 644. The first-order valence-electron chi connectivity index (χ1n) is 7.86. The number of likely N-dealkylation sites (N-methyl/N-ethyl adjacent to an activating group) is 1. The lowest BCUT2D eigenvalue weighted by Crippen LogP contribution is -2.32. The number of allylic oxidation sites excluding steroid dienone is 4. The van der Waals surface area contributed by atoms with Crippen molar-refractivity contribution in [1.29, 1.82) is 0 Å². The van der Waals surface area contributed by atoms with E-state index in [4.69, 9.17) is 9.47 Å². The van der Waals surface area contributed by atoms with Crippen LogP contribution in [0.15, 0.2) is 48.6 Å². The van der Waals surface area contributed by atoms with Crippen LogP contribution in [0.1, 0.15) is 25.8 Å². The average molecular weight is 329 g/mol. The van der Waals surface area contributed by atoms with Gasteiger partial charge in [-0.05, 0) is 45.0 Å². The Labute approximate surface area is 144 Å². The Morgan fingerprint density at radius 2 is 1.96 bits per heavy atom. The summed E-state index contributed by atoms with van der Waals surface area (Å²) in [5.41, 5.74) is 2.99. The number of Topliss-reactive ketones (excluding diaryl/α,β-unsaturated/α-hetero) is 1. The fourth-order valence-corrected chi connectivity index (χ4v) is 2.38. The van der Waals surface area contributed by atoms with Crippen molar-refractivity contribution in [3.63, 3.8) is 0 Å². The fourth-order valence-electron chi connectivity index (χ4n) is 2.38. The molecule has 0 radical (unpaired) electrons. The molecule has 0 saturated carbocycles. The van der Waals surface area contributed by atoms with Crippen LogP contribution in [0.4, 0.5) is 0 Å². The molecule has 1 rings (SSSR count). The summed E-state index contributed by atoms with van der Waals surface area (Å²) in [4.78, 5) is 11.5. The average Bonchev–Trinajstić information content (AvgIpc) is 2.59. The van der Waals surface area contributed by atoms with Crippen LogP contribution in [0.5, 0.6) is 11.5 Å². The van der Waals surface area contributed by atoms with Gasteiger partial charge in [0.1, 0.15) is 17.3 Å². The number of carbonyl (C=O) groups is 1. The zero-order valence-corrected chi connectivity index (χ0v) is 15.2. The maximum absolute atomic E-state index is 11.5. The number of rotatable bonds is 9. The minimum atomic E-state index is -0.155. The van der Waals surface area contributed by atoms with Crippen LogP contribution in [0.3, 0.4) is 0 Å². The molecule has 0 amide bonds. The number of nitrogens with one attached hydrogen (secondary N) is 1. The molecule has 0 unspecified atom stereocenters. The van der Waals surface area contributed by atoms with Gasteiger partial charge in [0.05, 0.1) is 20.3 Å². The molecule has 0 spiro atoms. The number of hydrogen-bond donors (Lipinski definition) is 1. The minimum Gasteiger partial charge on any atom is -0.497 e. The Balaban J connectivity index is 3.08. The first-order valence-corrected chi connectivity index (χ1v) is 7.86. The summed E-state index contributed by atoms with van der Waals surface area (Å²) in [6.45, 7) is 7.50. The van der Waals surface area contributed by atoms with Gasteiger partial charge in [-0.15, -0.1) is 0 Å². The van der Waals surface area contributed by atoms with Crippen molar-refractivity contribution in [3.8, 4) is 11.5 Å². The lowest BCUT2D eigenvalue weighted by Gasteiger charge is -2.13. The van der Waals surface area contributed by atoms with Crippen LogP contribution in [0, 0.1) is 0 Å². The van der Waals surface area contributed by atoms with Gasteiger partial charge in [-0.1, -0.05) is 30.4 Å². The zero-order valence-electron chi connectivity index (χ0n) is 15.2. The maximum atomic E-state index is 11.5. The molecule has 0 aliphatic rings. The van der Waals surface area contributed by atoms with Gasteiger partial charge >= 0.3 is 0 Å². The number of ketones is 1. The van der Waals surface area contributed by atoms with Gasteiger partial charge in [-0.3, -0.25) is 4.79 Å². The third-order valence-electron chi connectivity index (χ3n) is 3.85. The van der Waals surface area contributed by atoms with Crippen molar-refractivity contribution in [3.05, 3.63) is 54.1 Å². The summed E-state index contributed by atoms with van der Waals surface area (Å²) in [6, 6.07) is 5.52. The van der Waals surface area contributed by atoms with Gasteiger partial charge < -0.3 is 14.8 Å². The Morgan fingerprint density at radius 1 is 1.25 bits per heavy atom. The Kier molecular flexibility index (Phi) is 7.99. The number of methoxy groups -OCH3 is 2. The van der Waals surface area contributed by atoms with Crippen LogP contribution in [-0.2, 0) is 4.79 Å². The first-order chi connectivity index (χ1) is 11.5. The second kappa shape index (κ2) is 9.73. The van der Waals surface area contributed by atoms with Crippen LogP contribution < -0.4 is 14.8 Å². The van der Waals surface area contributed by atoms with E-state index in [-0.39, 0.29) is 11.8 Å². The lowest BCUT2D eigenvalue weighted by molar-refractivity contribution is -0.118. The van der Waals surface area contributed by atoms with Crippen molar-refractivity contribution in [2.24, 2.45) is 0 Å². The molecule has 1 N–H and O–H groups in total. The second-order valence-electron chi connectivity index (χ2n) is 5.56. The van der Waals surface area contributed by atoms with Gasteiger partial charge in [0, 0.05) is 11.6 Å². The summed E-state index contributed by atoms with van der Waals surface area (Å²) < 4.78 is 10.7. The molecule has 4 nitrogen and oxygen atoms in total. The highest BCUT2D eigenvalue weighted by Crippen LogP contribution is 2.30. The predicted molar refractivity (Wildman–Crippen MR) is 99.6 cm³/mol. The van der Waals surface area contributed by atoms with Crippen LogP contribution in [0.25, 0.3) is 5.57 Å². The summed E-state index contributed by atoms with van der Waals surface area (Å²) in [7, 11) is 5.05. The van der Waals surface area contributed by atoms with Crippen molar-refractivity contribution < 1.29 is 14.3 Å². The molecule has 1 aromatic rings.